The summed E-state index contributed by atoms with van der Waals surface area (Å²) in [6, 6.07) is 8.83. The third kappa shape index (κ3) is 4.12. The van der Waals surface area contributed by atoms with E-state index in [4.69, 9.17) is 4.74 Å². The van der Waals surface area contributed by atoms with Crippen LogP contribution in [0.4, 0.5) is 0 Å². The van der Waals surface area contributed by atoms with E-state index < -0.39 is 0 Å². The molecule has 1 amide bonds. The summed E-state index contributed by atoms with van der Waals surface area (Å²) >= 11 is 0. The number of hydrogen-bond acceptors (Lipinski definition) is 3. The molecular formula is C19H28N2O2. The van der Waals surface area contributed by atoms with Gasteiger partial charge in [-0.1, -0.05) is 31.2 Å². The molecule has 2 aliphatic heterocycles. The first-order valence-electron chi connectivity index (χ1n) is 8.97. The highest BCUT2D eigenvalue weighted by atomic mass is 16.5. The lowest BCUT2D eigenvalue weighted by molar-refractivity contribution is -0.132. The minimum absolute atomic E-state index is 0.259. The van der Waals surface area contributed by atoms with Crippen LogP contribution in [-0.2, 0) is 22.5 Å². The second kappa shape index (κ2) is 7.93. The zero-order chi connectivity index (χ0) is 16.1. The van der Waals surface area contributed by atoms with E-state index in [-0.39, 0.29) is 5.91 Å². The summed E-state index contributed by atoms with van der Waals surface area (Å²) in [7, 11) is 0. The fourth-order valence-corrected chi connectivity index (χ4v) is 3.69. The molecule has 0 aromatic heterocycles. The van der Waals surface area contributed by atoms with E-state index in [1.165, 1.54) is 11.1 Å². The Morgan fingerprint density at radius 2 is 2.22 bits per heavy atom. The Balaban J connectivity index is 1.44. The van der Waals surface area contributed by atoms with Crippen LogP contribution >= 0.6 is 0 Å². The zero-order valence-corrected chi connectivity index (χ0v) is 14.1. The van der Waals surface area contributed by atoms with Gasteiger partial charge in [-0.15, -0.1) is 0 Å². The van der Waals surface area contributed by atoms with E-state index in [2.05, 4.69) is 36.5 Å². The van der Waals surface area contributed by atoms with Gasteiger partial charge in [-0.05, 0) is 36.8 Å². The van der Waals surface area contributed by atoms with Crippen molar-refractivity contribution in [2.75, 3.05) is 19.7 Å². The Labute approximate surface area is 139 Å². The average molecular weight is 316 g/mol. The van der Waals surface area contributed by atoms with Crippen LogP contribution in [0.1, 0.15) is 43.7 Å². The smallest absolute Gasteiger partial charge is 0.224 e. The van der Waals surface area contributed by atoms with Crippen molar-refractivity contribution < 1.29 is 9.53 Å². The molecule has 4 nitrogen and oxygen atoms in total. The van der Waals surface area contributed by atoms with Gasteiger partial charge in [0.2, 0.25) is 5.91 Å². The first kappa shape index (κ1) is 16.5. The lowest BCUT2D eigenvalue weighted by Gasteiger charge is -2.29. The number of carbonyl (C=O) groups is 1. The highest BCUT2D eigenvalue weighted by Gasteiger charge is 2.25. The third-order valence-electron chi connectivity index (χ3n) is 5.08. The van der Waals surface area contributed by atoms with Gasteiger partial charge < -0.3 is 15.0 Å². The lowest BCUT2D eigenvalue weighted by atomic mass is 10.00. The molecule has 126 valence electrons. The molecule has 1 fully saturated rings. The summed E-state index contributed by atoms with van der Waals surface area (Å²) < 4.78 is 5.76. The second-order valence-electron chi connectivity index (χ2n) is 6.60. The SMILES string of the molecule is CC[C@H](NCCC(=O)N1CCc2ccccc2C1)[C@@H]1CCCO1. The summed E-state index contributed by atoms with van der Waals surface area (Å²) in [4.78, 5) is 14.5. The van der Waals surface area contributed by atoms with Crippen molar-refractivity contribution in [1.82, 2.24) is 10.2 Å². The van der Waals surface area contributed by atoms with E-state index in [0.29, 0.717) is 18.6 Å². The topological polar surface area (TPSA) is 41.6 Å². The van der Waals surface area contributed by atoms with Crippen LogP contribution in [0, 0.1) is 0 Å². The van der Waals surface area contributed by atoms with Crippen molar-refractivity contribution in [3.05, 3.63) is 35.4 Å². The van der Waals surface area contributed by atoms with Crippen LogP contribution in [0.15, 0.2) is 24.3 Å². The second-order valence-corrected chi connectivity index (χ2v) is 6.60. The van der Waals surface area contributed by atoms with Crippen molar-refractivity contribution in [2.24, 2.45) is 0 Å². The molecule has 23 heavy (non-hydrogen) atoms. The van der Waals surface area contributed by atoms with Crippen LogP contribution in [0.5, 0.6) is 0 Å². The van der Waals surface area contributed by atoms with Crippen LogP contribution < -0.4 is 5.32 Å². The summed E-state index contributed by atoms with van der Waals surface area (Å²) in [5.74, 6) is 0.259. The van der Waals surface area contributed by atoms with Gasteiger partial charge in [0, 0.05) is 38.7 Å². The Kier molecular flexibility index (Phi) is 5.68. The summed E-state index contributed by atoms with van der Waals surface area (Å²) in [6.07, 6.45) is 5.23. The molecule has 3 rings (SSSR count). The van der Waals surface area contributed by atoms with Crippen molar-refractivity contribution >= 4 is 5.91 Å². The Morgan fingerprint density at radius 1 is 1.39 bits per heavy atom. The number of fused-ring (bicyclic) bond motifs is 1. The molecule has 0 bridgehead atoms. The molecule has 4 heteroatoms. The maximum Gasteiger partial charge on any atom is 0.224 e. The third-order valence-corrected chi connectivity index (χ3v) is 5.08. The zero-order valence-electron chi connectivity index (χ0n) is 14.1. The van der Waals surface area contributed by atoms with Crippen molar-refractivity contribution in [3.8, 4) is 0 Å². The van der Waals surface area contributed by atoms with E-state index in [1.807, 2.05) is 4.90 Å². The summed E-state index contributed by atoms with van der Waals surface area (Å²) in [6.45, 7) is 5.42. The molecule has 0 radical (unpaired) electrons. The van der Waals surface area contributed by atoms with Crippen LogP contribution in [0.2, 0.25) is 0 Å². The van der Waals surface area contributed by atoms with E-state index in [1.54, 1.807) is 0 Å². The first-order valence-corrected chi connectivity index (χ1v) is 8.97. The number of nitrogens with zero attached hydrogens (tertiary/aromatic N) is 1. The Bertz CT molecular complexity index is 526. The molecule has 0 aliphatic carbocycles. The first-order chi connectivity index (χ1) is 11.3. The molecule has 2 atom stereocenters. The van der Waals surface area contributed by atoms with Crippen molar-refractivity contribution in [3.63, 3.8) is 0 Å². The van der Waals surface area contributed by atoms with Crippen LogP contribution in [0.25, 0.3) is 0 Å². The standard InChI is InChI=1S/C19H28N2O2/c1-2-17(18-8-5-13-23-18)20-11-9-19(22)21-12-10-15-6-3-4-7-16(15)14-21/h3-4,6-7,17-18,20H,2,5,8-14H2,1H3/t17-,18-/m0/s1. The van der Waals surface area contributed by atoms with Crippen LogP contribution in [-0.4, -0.2) is 42.6 Å². The number of nitrogens with one attached hydrogen (secondary N) is 1. The van der Waals surface area contributed by atoms with Gasteiger partial charge in [0.25, 0.3) is 0 Å². The maximum absolute atomic E-state index is 12.5. The summed E-state index contributed by atoms with van der Waals surface area (Å²) in [5, 5.41) is 3.53. The molecule has 2 aliphatic rings. The fourth-order valence-electron chi connectivity index (χ4n) is 3.69. The van der Waals surface area contributed by atoms with Gasteiger partial charge in [0.1, 0.15) is 0 Å². The monoisotopic (exact) mass is 316 g/mol. The Hall–Kier alpha value is -1.39. The quantitative estimate of drug-likeness (QED) is 0.877. The molecule has 1 saturated heterocycles. The number of carbonyl (C=O) groups excluding carboxylic acids is 1. The minimum atomic E-state index is 0.259. The van der Waals surface area contributed by atoms with Gasteiger partial charge in [-0.25, -0.2) is 0 Å². The molecule has 0 unspecified atom stereocenters. The van der Waals surface area contributed by atoms with Gasteiger partial charge in [0.15, 0.2) is 0 Å². The summed E-state index contributed by atoms with van der Waals surface area (Å²) in [5.41, 5.74) is 2.69. The molecule has 2 heterocycles. The van der Waals surface area contributed by atoms with Crippen molar-refractivity contribution in [1.29, 1.82) is 0 Å². The van der Waals surface area contributed by atoms with Crippen molar-refractivity contribution in [2.45, 2.75) is 57.7 Å². The number of benzene rings is 1. The minimum Gasteiger partial charge on any atom is -0.377 e. The van der Waals surface area contributed by atoms with Gasteiger partial charge in [-0.2, -0.15) is 0 Å². The number of hydrogen-bond donors (Lipinski definition) is 1. The molecule has 1 N–H and O–H groups in total. The normalized spacial score (nSPS) is 22.0. The largest absolute Gasteiger partial charge is 0.377 e. The fraction of sp³-hybridized carbons (Fsp3) is 0.632. The number of rotatable bonds is 6. The van der Waals surface area contributed by atoms with E-state index in [0.717, 1.165) is 51.9 Å². The maximum atomic E-state index is 12.5. The number of amides is 1. The average Bonchev–Trinajstić information content (AvgIpc) is 3.12. The molecule has 0 saturated carbocycles. The van der Waals surface area contributed by atoms with E-state index >= 15 is 0 Å². The van der Waals surface area contributed by atoms with Gasteiger partial charge in [-0.3, -0.25) is 4.79 Å². The van der Waals surface area contributed by atoms with Crippen LogP contribution in [0.3, 0.4) is 0 Å². The molecule has 0 spiro atoms. The molecular weight excluding hydrogens is 288 g/mol. The molecule has 1 aromatic rings. The lowest BCUT2D eigenvalue weighted by Crippen LogP contribution is -2.42. The number of ether oxygens (including phenoxy) is 1. The predicted molar refractivity (Wildman–Crippen MR) is 91.2 cm³/mol. The van der Waals surface area contributed by atoms with E-state index in [9.17, 15) is 4.79 Å². The Morgan fingerprint density at radius 3 is 2.96 bits per heavy atom. The highest BCUT2D eigenvalue weighted by Crippen LogP contribution is 2.19. The molecule has 1 aromatic carbocycles. The van der Waals surface area contributed by atoms with Gasteiger partial charge in [0.05, 0.1) is 6.10 Å². The highest BCUT2D eigenvalue weighted by molar-refractivity contribution is 5.76. The van der Waals surface area contributed by atoms with Gasteiger partial charge >= 0.3 is 0 Å². The predicted octanol–water partition coefficient (Wildman–Crippen LogP) is 2.51.